The van der Waals surface area contributed by atoms with E-state index in [1.54, 1.807) is 38.1 Å². The number of Topliss-reactive ketones (excluding diaryl/α,β-unsaturated/α-hetero) is 1. The van der Waals surface area contributed by atoms with Crippen molar-refractivity contribution >= 4 is 51.0 Å². The molecule has 240 valence electrons. The molecule has 0 radical (unpaired) electrons. The average Bonchev–Trinajstić information content (AvgIpc) is 3.63. The molecule has 11 nitrogen and oxygen atoms in total. The summed E-state index contributed by atoms with van der Waals surface area (Å²) in [4.78, 5) is 70.6. The van der Waals surface area contributed by atoms with Crippen LogP contribution in [-0.4, -0.2) is 65.7 Å². The van der Waals surface area contributed by atoms with Crippen molar-refractivity contribution in [3.05, 3.63) is 59.6 Å². The molecule has 4 amide bonds. The highest BCUT2D eigenvalue weighted by atomic mass is 32.1. The van der Waals surface area contributed by atoms with E-state index in [1.807, 2.05) is 44.2 Å². The molecule has 0 unspecified atom stereocenters. The summed E-state index contributed by atoms with van der Waals surface area (Å²) in [6.07, 6.45) is 0.953. The van der Waals surface area contributed by atoms with E-state index in [1.165, 1.54) is 11.3 Å². The van der Waals surface area contributed by atoms with E-state index >= 15 is 0 Å². The summed E-state index contributed by atoms with van der Waals surface area (Å²) in [5.41, 5.74) is 0.676. The molecule has 3 aromatic rings. The molecule has 12 heteroatoms. The maximum Gasteiger partial charge on any atom is 0.258 e. The van der Waals surface area contributed by atoms with Gasteiger partial charge in [-0.1, -0.05) is 58.0 Å². The zero-order chi connectivity index (χ0) is 32.5. The fourth-order valence-corrected chi connectivity index (χ4v) is 6.13. The number of ether oxygens (including phenoxy) is 1. The number of hydrogen-bond acceptors (Lipinski definition) is 8. The molecule has 1 aliphatic heterocycles. The number of nitrogens with one attached hydrogen (secondary N) is 4. The van der Waals surface area contributed by atoms with Crippen LogP contribution in [0.1, 0.15) is 56.8 Å². The van der Waals surface area contributed by atoms with Crippen LogP contribution in [0.25, 0.3) is 10.2 Å². The summed E-state index contributed by atoms with van der Waals surface area (Å²) in [7, 11) is 0. The molecule has 2 heterocycles. The molecule has 4 atom stereocenters. The Morgan fingerprint density at radius 1 is 0.933 bits per heavy atom. The Morgan fingerprint density at radius 2 is 1.62 bits per heavy atom. The lowest BCUT2D eigenvalue weighted by Crippen LogP contribution is -2.57. The third-order valence-corrected chi connectivity index (χ3v) is 8.59. The van der Waals surface area contributed by atoms with E-state index in [-0.39, 0.29) is 41.6 Å². The van der Waals surface area contributed by atoms with Gasteiger partial charge in [-0.15, -0.1) is 11.3 Å². The van der Waals surface area contributed by atoms with E-state index < -0.39 is 41.8 Å². The molecule has 1 aliphatic rings. The maximum atomic E-state index is 13.8. The van der Waals surface area contributed by atoms with Crippen LogP contribution in [0.5, 0.6) is 5.75 Å². The smallest absolute Gasteiger partial charge is 0.258 e. The minimum Gasteiger partial charge on any atom is -0.484 e. The Bertz CT molecular complexity index is 1470. The number of amides is 4. The quantitative estimate of drug-likeness (QED) is 0.187. The predicted octanol–water partition coefficient (Wildman–Crippen LogP) is 3.24. The van der Waals surface area contributed by atoms with Gasteiger partial charge < -0.3 is 26.0 Å². The van der Waals surface area contributed by atoms with Crippen LogP contribution < -0.4 is 26.0 Å². The summed E-state index contributed by atoms with van der Waals surface area (Å²) in [6.45, 7) is 7.65. The lowest BCUT2D eigenvalue weighted by Gasteiger charge is -2.27. The SMILES string of the molecule is CC(C)C[C@H](NC(=O)[C@@H](NC(=O)COc1ccccc1)C(C)C)C(=O)N[C@@H](C[C@@H]1CCNC1=O)C(=O)c1nc2ccccc2s1. The van der Waals surface area contributed by atoms with Crippen molar-refractivity contribution in [2.45, 2.75) is 65.1 Å². The van der Waals surface area contributed by atoms with Crippen LogP contribution in [0.15, 0.2) is 54.6 Å². The molecule has 45 heavy (non-hydrogen) atoms. The number of hydrogen-bond donors (Lipinski definition) is 4. The number of benzene rings is 2. The zero-order valence-corrected chi connectivity index (χ0v) is 26.8. The first-order valence-electron chi connectivity index (χ1n) is 15.3. The van der Waals surface area contributed by atoms with Crippen molar-refractivity contribution in [1.82, 2.24) is 26.3 Å². The summed E-state index contributed by atoms with van der Waals surface area (Å²) >= 11 is 1.23. The van der Waals surface area contributed by atoms with E-state index in [0.717, 1.165) is 4.70 Å². The number of fused-ring (bicyclic) bond motifs is 1. The van der Waals surface area contributed by atoms with E-state index in [9.17, 15) is 24.0 Å². The van der Waals surface area contributed by atoms with Crippen molar-refractivity contribution in [2.24, 2.45) is 17.8 Å². The van der Waals surface area contributed by atoms with Crippen molar-refractivity contribution in [2.75, 3.05) is 13.2 Å². The molecule has 0 bridgehead atoms. The number of ketones is 1. The van der Waals surface area contributed by atoms with Gasteiger partial charge in [-0.05, 0) is 55.4 Å². The lowest BCUT2D eigenvalue weighted by atomic mass is 9.94. The largest absolute Gasteiger partial charge is 0.484 e. The maximum absolute atomic E-state index is 13.8. The summed E-state index contributed by atoms with van der Waals surface area (Å²) in [5, 5.41) is 11.4. The van der Waals surface area contributed by atoms with Crippen LogP contribution in [0.2, 0.25) is 0 Å². The van der Waals surface area contributed by atoms with E-state index in [2.05, 4.69) is 26.3 Å². The zero-order valence-electron chi connectivity index (χ0n) is 26.0. The Balaban J connectivity index is 1.48. The van der Waals surface area contributed by atoms with Gasteiger partial charge in [0, 0.05) is 12.5 Å². The molecule has 1 fully saturated rings. The van der Waals surface area contributed by atoms with Crippen molar-refractivity contribution in [3.63, 3.8) is 0 Å². The topological polar surface area (TPSA) is 156 Å². The monoisotopic (exact) mass is 635 g/mol. The van der Waals surface area contributed by atoms with E-state index in [0.29, 0.717) is 30.7 Å². The Morgan fingerprint density at radius 3 is 2.27 bits per heavy atom. The second-order valence-corrected chi connectivity index (χ2v) is 13.0. The second-order valence-electron chi connectivity index (χ2n) is 12.0. The first kappa shape index (κ1) is 33.6. The first-order chi connectivity index (χ1) is 21.5. The molecule has 4 N–H and O–H groups in total. The fourth-order valence-electron chi connectivity index (χ4n) is 5.17. The molecule has 0 aliphatic carbocycles. The third-order valence-electron chi connectivity index (χ3n) is 7.54. The molecular formula is C33H41N5O6S. The van der Waals surface area contributed by atoms with Gasteiger partial charge in [0.05, 0.1) is 16.3 Å². The molecular weight excluding hydrogens is 594 g/mol. The summed E-state index contributed by atoms with van der Waals surface area (Å²) in [6, 6.07) is 13.3. The Kier molecular flexibility index (Phi) is 11.6. The lowest BCUT2D eigenvalue weighted by molar-refractivity contribution is -0.134. The van der Waals surface area contributed by atoms with Gasteiger partial charge in [0.1, 0.15) is 17.8 Å². The number of carbonyl (C=O) groups is 5. The van der Waals surface area contributed by atoms with Crippen molar-refractivity contribution in [1.29, 1.82) is 0 Å². The number of para-hydroxylation sites is 2. The first-order valence-corrected chi connectivity index (χ1v) is 16.1. The normalized spacial score (nSPS) is 16.6. The summed E-state index contributed by atoms with van der Waals surface area (Å²) < 4.78 is 6.35. The second kappa shape index (κ2) is 15.6. The molecule has 0 saturated carbocycles. The predicted molar refractivity (Wildman–Crippen MR) is 172 cm³/mol. The number of nitrogens with zero attached hydrogens (tertiary/aromatic N) is 1. The highest BCUT2D eigenvalue weighted by molar-refractivity contribution is 7.20. The standard InChI is InChI=1S/C33H41N5O6S/c1-19(2)16-25(36-32(43)28(20(3)4)38-27(39)18-44-22-10-6-5-7-11-22)31(42)35-24(17-21-14-15-34-30(21)41)29(40)33-37-23-12-8-9-13-26(23)45-33/h5-13,19-21,24-25,28H,14-18H2,1-4H3,(H,34,41)(H,35,42)(H,36,43)(H,38,39)/t21-,24-,25-,28-/m0/s1. The van der Waals surface area contributed by atoms with Gasteiger partial charge in [-0.25, -0.2) is 4.98 Å². The molecule has 1 aromatic heterocycles. The highest BCUT2D eigenvalue weighted by Crippen LogP contribution is 2.25. The van der Waals surface area contributed by atoms with Crippen molar-refractivity contribution in [3.8, 4) is 5.75 Å². The van der Waals surface area contributed by atoms with Crippen LogP contribution in [-0.2, 0) is 19.2 Å². The van der Waals surface area contributed by atoms with Gasteiger partial charge >= 0.3 is 0 Å². The Hall–Kier alpha value is -4.32. The van der Waals surface area contributed by atoms with Gasteiger partial charge in [-0.3, -0.25) is 24.0 Å². The fraction of sp³-hybridized carbons (Fsp3) is 0.455. The van der Waals surface area contributed by atoms with Gasteiger partial charge in [0.2, 0.25) is 23.5 Å². The van der Waals surface area contributed by atoms with Crippen LogP contribution in [0.4, 0.5) is 0 Å². The van der Waals surface area contributed by atoms with Crippen molar-refractivity contribution < 1.29 is 28.7 Å². The Labute approximate surface area is 266 Å². The third kappa shape index (κ3) is 9.34. The van der Waals surface area contributed by atoms with Crippen LogP contribution in [0, 0.1) is 17.8 Å². The van der Waals surface area contributed by atoms with Gasteiger partial charge in [-0.2, -0.15) is 0 Å². The molecule has 2 aromatic carbocycles. The molecule has 4 rings (SSSR count). The van der Waals surface area contributed by atoms with E-state index in [4.69, 9.17) is 4.74 Å². The highest BCUT2D eigenvalue weighted by Gasteiger charge is 2.35. The molecule has 1 saturated heterocycles. The van der Waals surface area contributed by atoms with Crippen LogP contribution >= 0.6 is 11.3 Å². The number of aromatic nitrogens is 1. The van der Waals surface area contributed by atoms with Gasteiger partial charge in [0.25, 0.3) is 5.91 Å². The van der Waals surface area contributed by atoms with Gasteiger partial charge in [0.15, 0.2) is 11.6 Å². The number of thiazole rings is 1. The minimum atomic E-state index is -1.02. The number of carbonyl (C=O) groups excluding carboxylic acids is 5. The van der Waals surface area contributed by atoms with Crippen LogP contribution in [0.3, 0.4) is 0 Å². The summed E-state index contributed by atoms with van der Waals surface area (Å²) in [5.74, 6) is -2.28. The minimum absolute atomic E-state index is 0.0198. The molecule has 0 spiro atoms. The average molecular weight is 636 g/mol. The number of rotatable bonds is 15.